The van der Waals surface area contributed by atoms with E-state index in [9.17, 15) is 4.79 Å². The highest BCUT2D eigenvalue weighted by Gasteiger charge is 2.19. The third-order valence-corrected chi connectivity index (χ3v) is 2.41. The fraction of sp³-hybridized carbons (Fsp3) is 0.900. The van der Waals surface area contributed by atoms with Crippen molar-refractivity contribution in [1.29, 1.82) is 0 Å². The van der Waals surface area contributed by atoms with Crippen LogP contribution in [0.3, 0.4) is 0 Å². The molecule has 0 aromatic rings. The summed E-state index contributed by atoms with van der Waals surface area (Å²) in [5, 5.41) is 0. The fourth-order valence-electron chi connectivity index (χ4n) is 1.65. The van der Waals surface area contributed by atoms with E-state index < -0.39 is 12.4 Å². The number of carbonyl (C=O) groups excluding carboxylic acids is 1. The number of ether oxygens (including phenoxy) is 3. The van der Waals surface area contributed by atoms with Crippen LogP contribution in [0, 0.1) is 0 Å². The Balaban J connectivity index is 2.16. The van der Waals surface area contributed by atoms with Gasteiger partial charge in [-0.25, -0.2) is 4.79 Å². The first-order chi connectivity index (χ1) is 7.22. The minimum atomic E-state index is -0.664. The lowest BCUT2D eigenvalue weighted by atomic mass is 9.98. The third kappa shape index (κ3) is 4.99. The van der Waals surface area contributed by atoms with E-state index in [4.69, 9.17) is 19.9 Å². The molecule has 0 bridgehead atoms. The molecule has 0 spiro atoms. The van der Waals surface area contributed by atoms with Crippen LogP contribution in [-0.2, 0) is 14.2 Å². The summed E-state index contributed by atoms with van der Waals surface area (Å²) in [4.78, 5) is 11.2. The lowest BCUT2D eigenvalue weighted by Gasteiger charge is -2.22. The zero-order valence-electron chi connectivity index (χ0n) is 9.11. The Kier molecular flexibility index (Phi) is 5.42. The van der Waals surface area contributed by atoms with Crippen LogP contribution >= 0.6 is 0 Å². The van der Waals surface area contributed by atoms with Crippen molar-refractivity contribution in [2.45, 2.75) is 51.4 Å². The first-order valence-electron chi connectivity index (χ1n) is 5.41. The molecular formula is C10H19NO4. The summed E-state index contributed by atoms with van der Waals surface area (Å²) in [6.07, 6.45) is 4.02. The molecule has 15 heavy (non-hydrogen) atoms. The summed E-state index contributed by atoms with van der Waals surface area (Å²) >= 11 is 0. The second-order valence-corrected chi connectivity index (χ2v) is 3.65. The monoisotopic (exact) mass is 217 g/mol. The predicted molar refractivity (Wildman–Crippen MR) is 54.0 cm³/mol. The van der Waals surface area contributed by atoms with Crippen LogP contribution in [0.5, 0.6) is 0 Å². The van der Waals surface area contributed by atoms with Crippen LogP contribution in [-0.4, -0.2) is 25.3 Å². The predicted octanol–water partition coefficient (Wildman–Crippen LogP) is 1.75. The standard InChI is InChI=1S/C10H19NO4/c1-8(13-7-11)14-10(12)15-9-5-3-2-4-6-9/h8-9H,2-7,11H2,1H3. The van der Waals surface area contributed by atoms with Crippen LogP contribution in [0.1, 0.15) is 39.0 Å². The van der Waals surface area contributed by atoms with Gasteiger partial charge in [0.05, 0.1) is 6.73 Å². The SMILES string of the molecule is CC(OCN)OC(=O)OC1CCCCC1. The number of carbonyl (C=O) groups is 1. The van der Waals surface area contributed by atoms with Gasteiger partial charge >= 0.3 is 6.16 Å². The van der Waals surface area contributed by atoms with Crippen molar-refractivity contribution in [3.8, 4) is 0 Å². The van der Waals surface area contributed by atoms with E-state index in [1.165, 1.54) is 6.42 Å². The van der Waals surface area contributed by atoms with E-state index in [0.717, 1.165) is 25.7 Å². The van der Waals surface area contributed by atoms with E-state index in [2.05, 4.69) is 0 Å². The summed E-state index contributed by atoms with van der Waals surface area (Å²) in [6.45, 7) is 1.63. The zero-order chi connectivity index (χ0) is 11.1. The lowest BCUT2D eigenvalue weighted by molar-refractivity contribution is -0.116. The molecule has 1 atom stereocenters. The molecule has 1 unspecified atom stereocenters. The maximum Gasteiger partial charge on any atom is 0.510 e. The van der Waals surface area contributed by atoms with Gasteiger partial charge in [-0.1, -0.05) is 6.42 Å². The summed E-state index contributed by atoms with van der Waals surface area (Å²) < 4.78 is 14.8. The van der Waals surface area contributed by atoms with E-state index in [0.29, 0.717) is 0 Å². The van der Waals surface area contributed by atoms with Gasteiger partial charge in [0, 0.05) is 0 Å². The average Bonchev–Trinajstić information content (AvgIpc) is 2.19. The molecule has 0 aromatic carbocycles. The largest absolute Gasteiger partial charge is 0.510 e. The van der Waals surface area contributed by atoms with Crippen molar-refractivity contribution in [2.24, 2.45) is 5.73 Å². The first kappa shape index (κ1) is 12.3. The first-order valence-corrected chi connectivity index (χ1v) is 5.41. The van der Waals surface area contributed by atoms with Crippen molar-refractivity contribution in [1.82, 2.24) is 0 Å². The van der Waals surface area contributed by atoms with Crippen molar-refractivity contribution < 1.29 is 19.0 Å². The number of nitrogens with two attached hydrogens (primary N) is 1. The maximum atomic E-state index is 11.2. The molecule has 5 heteroatoms. The van der Waals surface area contributed by atoms with Crippen LogP contribution in [0.15, 0.2) is 0 Å². The van der Waals surface area contributed by atoms with Gasteiger partial charge in [0.25, 0.3) is 0 Å². The van der Waals surface area contributed by atoms with Gasteiger partial charge in [-0.3, -0.25) is 0 Å². The van der Waals surface area contributed by atoms with Crippen molar-refractivity contribution in [3.05, 3.63) is 0 Å². The number of hydrogen-bond acceptors (Lipinski definition) is 5. The average molecular weight is 217 g/mol. The molecule has 1 saturated carbocycles. The zero-order valence-corrected chi connectivity index (χ0v) is 9.11. The molecule has 88 valence electrons. The summed E-state index contributed by atoms with van der Waals surface area (Å²) in [6, 6.07) is 0. The van der Waals surface area contributed by atoms with Crippen molar-refractivity contribution >= 4 is 6.16 Å². The molecule has 1 aliphatic carbocycles. The van der Waals surface area contributed by atoms with Crippen LogP contribution in [0.4, 0.5) is 4.79 Å². The minimum Gasteiger partial charge on any atom is -0.431 e. The van der Waals surface area contributed by atoms with Gasteiger partial charge in [-0.05, 0) is 32.6 Å². The highest BCUT2D eigenvalue weighted by atomic mass is 16.8. The molecule has 0 radical (unpaired) electrons. The van der Waals surface area contributed by atoms with Gasteiger partial charge in [0.2, 0.25) is 6.29 Å². The van der Waals surface area contributed by atoms with Crippen LogP contribution in [0.2, 0.25) is 0 Å². The Morgan fingerprint density at radius 1 is 1.40 bits per heavy atom. The quantitative estimate of drug-likeness (QED) is 0.573. The summed E-state index contributed by atoms with van der Waals surface area (Å²) in [5.74, 6) is 0. The Bertz CT molecular complexity index is 192. The van der Waals surface area contributed by atoms with E-state index >= 15 is 0 Å². The smallest absolute Gasteiger partial charge is 0.431 e. The Morgan fingerprint density at radius 2 is 2.07 bits per heavy atom. The molecule has 0 heterocycles. The molecule has 0 aliphatic heterocycles. The molecule has 0 aromatic heterocycles. The molecule has 1 fully saturated rings. The summed E-state index contributed by atoms with van der Waals surface area (Å²) in [7, 11) is 0. The van der Waals surface area contributed by atoms with Gasteiger partial charge in [0.15, 0.2) is 0 Å². The molecule has 5 nitrogen and oxygen atoms in total. The topological polar surface area (TPSA) is 70.8 Å². The summed E-state index contributed by atoms with van der Waals surface area (Å²) in [5.41, 5.74) is 5.14. The van der Waals surface area contributed by atoms with E-state index in [-0.39, 0.29) is 12.8 Å². The molecule has 0 amide bonds. The van der Waals surface area contributed by atoms with E-state index in [1.54, 1.807) is 6.92 Å². The van der Waals surface area contributed by atoms with Gasteiger partial charge in [0.1, 0.15) is 6.10 Å². The second kappa shape index (κ2) is 6.63. The Hall–Kier alpha value is -0.810. The Labute approximate surface area is 89.9 Å². The van der Waals surface area contributed by atoms with Crippen LogP contribution < -0.4 is 5.73 Å². The molecule has 2 N–H and O–H groups in total. The lowest BCUT2D eigenvalue weighted by Crippen LogP contribution is -2.26. The van der Waals surface area contributed by atoms with E-state index in [1.807, 2.05) is 0 Å². The number of rotatable bonds is 4. The van der Waals surface area contributed by atoms with Crippen molar-refractivity contribution in [2.75, 3.05) is 6.73 Å². The third-order valence-electron chi connectivity index (χ3n) is 2.41. The highest BCUT2D eigenvalue weighted by Crippen LogP contribution is 2.20. The fourth-order valence-corrected chi connectivity index (χ4v) is 1.65. The van der Waals surface area contributed by atoms with Crippen LogP contribution in [0.25, 0.3) is 0 Å². The van der Waals surface area contributed by atoms with Crippen molar-refractivity contribution in [3.63, 3.8) is 0 Å². The highest BCUT2D eigenvalue weighted by molar-refractivity contribution is 5.60. The molecule has 1 rings (SSSR count). The van der Waals surface area contributed by atoms with Gasteiger partial charge < -0.3 is 19.9 Å². The second-order valence-electron chi connectivity index (χ2n) is 3.65. The molecule has 0 saturated heterocycles. The minimum absolute atomic E-state index is 0.0105. The normalized spacial score (nSPS) is 19.6. The molecular weight excluding hydrogens is 198 g/mol. The number of hydrogen-bond donors (Lipinski definition) is 1. The van der Waals surface area contributed by atoms with Gasteiger partial charge in [-0.2, -0.15) is 0 Å². The maximum absolute atomic E-state index is 11.2. The molecule has 1 aliphatic rings. The van der Waals surface area contributed by atoms with Gasteiger partial charge in [-0.15, -0.1) is 0 Å². The Morgan fingerprint density at radius 3 is 2.67 bits per heavy atom.